The molecule has 0 radical (unpaired) electrons. The summed E-state index contributed by atoms with van der Waals surface area (Å²) in [6.07, 6.45) is 1.29. The summed E-state index contributed by atoms with van der Waals surface area (Å²) in [5.74, 6) is -1.38. The second kappa shape index (κ2) is 5.28. The number of carboxylic acids is 1. The predicted molar refractivity (Wildman–Crippen MR) is 70.1 cm³/mol. The zero-order chi connectivity index (χ0) is 13.3. The van der Waals surface area contributed by atoms with Gasteiger partial charge in [-0.2, -0.15) is 0 Å². The van der Waals surface area contributed by atoms with Gasteiger partial charge in [-0.1, -0.05) is 11.6 Å². The highest BCUT2D eigenvalue weighted by Crippen LogP contribution is 2.31. The highest BCUT2D eigenvalue weighted by atomic mass is 35.5. The highest BCUT2D eigenvalue weighted by Gasteiger charge is 2.36. The number of likely N-dealkylation sites (tertiary alicyclic amines) is 1. The molecule has 98 valence electrons. The van der Waals surface area contributed by atoms with Crippen LogP contribution in [-0.4, -0.2) is 34.5 Å². The van der Waals surface area contributed by atoms with Crippen LogP contribution in [0, 0.1) is 0 Å². The quantitative estimate of drug-likeness (QED) is 0.929. The molecule has 18 heavy (non-hydrogen) atoms. The Morgan fingerprint density at radius 2 is 2.28 bits per heavy atom. The van der Waals surface area contributed by atoms with Gasteiger partial charge in [0.25, 0.3) is 0 Å². The van der Waals surface area contributed by atoms with E-state index in [1.165, 1.54) is 16.2 Å². The van der Waals surface area contributed by atoms with Crippen molar-refractivity contribution in [3.63, 3.8) is 0 Å². The minimum Gasteiger partial charge on any atom is -0.480 e. The molecule has 6 heteroatoms. The first-order valence-electron chi connectivity index (χ1n) is 5.79. The molecule has 1 saturated heterocycles. The van der Waals surface area contributed by atoms with Crippen molar-refractivity contribution >= 4 is 34.8 Å². The van der Waals surface area contributed by atoms with Crippen molar-refractivity contribution in [1.29, 1.82) is 0 Å². The van der Waals surface area contributed by atoms with Crippen LogP contribution in [0.1, 0.15) is 30.6 Å². The van der Waals surface area contributed by atoms with Gasteiger partial charge < -0.3 is 10.0 Å². The molecule has 1 fully saturated rings. The van der Waals surface area contributed by atoms with Crippen molar-refractivity contribution < 1.29 is 14.7 Å². The van der Waals surface area contributed by atoms with Crippen molar-refractivity contribution in [3.8, 4) is 0 Å². The second-order valence-electron chi connectivity index (χ2n) is 4.39. The zero-order valence-corrected chi connectivity index (χ0v) is 11.5. The first-order valence-corrected chi connectivity index (χ1v) is 6.98. The van der Waals surface area contributed by atoms with Gasteiger partial charge in [-0.25, -0.2) is 4.79 Å². The van der Waals surface area contributed by atoms with Crippen molar-refractivity contribution in [2.24, 2.45) is 0 Å². The third kappa shape index (κ3) is 2.52. The van der Waals surface area contributed by atoms with Gasteiger partial charge >= 0.3 is 5.97 Å². The van der Waals surface area contributed by atoms with Crippen LogP contribution in [-0.2, 0) is 9.59 Å². The highest BCUT2D eigenvalue weighted by molar-refractivity contribution is 7.16. The fourth-order valence-electron chi connectivity index (χ4n) is 2.22. The largest absolute Gasteiger partial charge is 0.480 e. The number of carbonyl (C=O) groups is 2. The average molecular weight is 288 g/mol. The topological polar surface area (TPSA) is 57.6 Å². The van der Waals surface area contributed by atoms with E-state index in [1.54, 1.807) is 13.0 Å². The van der Waals surface area contributed by atoms with Crippen molar-refractivity contribution in [1.82, 2.24) is 4.90 Å². The molecular weight excluding hydrogens is 274 g/mol. The molecule has 0 spiro atoms. The smallest absolute Gasteiger partial charge is 0.326 e. The van der Waals surface area contributed by atoms with E-state index in [9.17, 15) is 9.59 Å². The second-order valence-corrected chi connectivity index (χ2v) is 6.14. The number of aliphatic carboxylic acids is 1. The summed E-state index contributed by atoms with van der Waals surface area (Å²) < 4.78 is 0.640. The van der Waals surface area contributed by atoms with Crippen LogP contribution in [0.4, 0.5) is 0 Å². The number of rotatable bonds is 3. The Labute approximate surface area is 114 Å². The van der Waals surface area contributed by atoms with Crippen LogP contribution in [0.2, 0.25) is 4.34 Å². The summed E-state index contributed by atoms with van der Waals surface area (Å²) >= 11 is 7.21. The Kier molecular flexibility index (Phi) is 3.92. The average Bonchev–Trinajstić information content (AvgIpc) is 2.95. The van der Waals surface area contributed by atoms with Crippen molar-refractivity contribution in [2.75, 3.05) is 6.54 Å². The van der Waals surface area contributed by atoms with Crippen LogP contribution < -0.4 is 0 Å². The number of carboxylic acid groups (broad SMARTS) is 1. The van der Waals surface area contributed by atoms with Gasteiger partial charge in [0.15, 0.2) is 0 Å². The van der Waals surface area contributed by atoms with Gasteiger partial charge in [-0.05, 0) is 31.9 Å². The summed E-state index contributed by atoms with van der Waals surface area (Å²) in [5.41, 5.74) is 0. The Morgan fingerprint density at radius 1 is 1.56 bits per heavy atom. The molecule has 2 atom stereocenters. The number of hydrogen-bond acceptors (Lipinski definition) is 3. The summed E-state index contributed by atoms with van der Waals surface area (Å²) in [4.78, 5) is 25.7. The molecule has 1 amide bonds. The molecule has 1 aliphatic heterocycles. The lowest BCUT2D eigenvalue weighted by atomic mass is 10.1. The molecule has 2 rings (SSSR count). The Hall–Kier alpha value is -1.07. The van der Waals surface area contributed by atoms with Gasteiger partial charge in [0.05, 0.1) is 10.3 Å². The molecule has 1 aromatic rings. The maximum Gasteiger partial charge on any atom is 0.326 e. The van der Waals surface area contributed by atoms with Gasteiger partial charge in [0.1, 0.15) is 6.04 Å². The van der Waals surface area contributed by atoms with Crippen LogP contribution in [0.25, 0.3) is 0 Å². The Morgan fingerprint density at radius 3 is 2.83 bits per heavy atom. The number of halogens is 1. The van der Waals surface area contributed by atoms with E-state index in [2.05, 4.69) is 0 Å². The monoisotopic (exact) mass is 287 g/mol. The lowest BCUT2D eigenvalue weighted by molar-refractivity contribution is -0.148. The van der Waals surface area contributed by atoms with E-state index in [-0.39, 0.29) is 11.8 Å². The molecule has 1 unspecified atom stereocenters. The molecule has 0 bridgehead atoms. The molecule has 2 heterocycles. The van der Waals surface area contributed by atoms with Crippen LogP contribution in [0.5, 0.6) is 0 Å². The van der Waals surface area contributed by atoms with E-state index < -0.39 is 12.0 Å². The van der Waals surface area contributed by atoms with E-state index in [0.717, 1.165) is 11.3 Å². The zero-order valence-electron chi connectivity index (χ0n) is 9.93. The standard InChI is InChI=1S/C12H14ClNO3S/c1-7(9-4-5-10(13)18-9)11(15)14-6-2-3-8(14)12(16)17/h4-5,7-8H,2-3,6H2,1H3,(H,16,17)/t7?,8-/m0/s1. The molecule has 1 aromatic heterocycles. The van der Waals surface area contributed by atoms with E-state index in [0.29, 0.717) is 17.3 Å². The number of nitrogens with zero attached hydrogens (tertiary/aromatic N) is 1. The maximum atomic E-state index is 12.3. The Balaban J connectivity index is 2.13. The summed E-state index contributed by atoms with van der Waals surface area (Å²) in [7, 11) is 0. The lowest BCUT2D eigenvalue weighted by Gasteiger charge is -2.24. The minimum atomic E-state index is -0.919. The van der Waals surface area contributed by atoms with Gasteiger partial charge in [0.2, 0.25) is 5.91 Å². The normalized spacial score (nSPS) is 21.0. The number of amides is 1. The van der Waals surface area contributed by atoms with Crippen molar-refractivity contribution in [3.05, 3.63) is 21.3 Å². The summed E-state index contributed by atoms with van der Waals surface area (Å²) in [6.45, 7) is 2.32. The van der Waals surface area contributed by atoms with Gasteiger partial charge in [-0.3, -0.25) is 4.79 Å². The molecule has 0 aromatic carbocycles. The molecule has 1 aliphatic rings. The predicted octanol–water partition coefficient (Wildman–Crippen LogP) is 2.58. The summed E-state index contributed by atoms with van der Waals surface area (Å²) in [5, 5.41) is 9.08. The molecule has 1 N–H and O–H groups in total. The first-order chi connectivity index (χ1) is 8.50. The fourth-order valence-corrected chi connectivity index (χ4v) is 3.32. The van der Waals surface area contributed by atoms with Crippen LogP contribution >= 0.6 is 22.9 Å². The maximum absolute atomic E-state index is 12.3. The molecule has 4 nitrogen and oxygen atoms in total. The third-order valence-corrected chi connectivity index (χ3v) is 4.63. The van der Waals surface area contributed by atoms with Crippen LogP contribution in [0.15, 0.2) is 12.1 Å². The third-order valence-electron chi connectivity index (χ3n) is 3.21. The SMILES string of the molecule is CC(C(=O)N1CCC[C@H]1C(=O)O)c1ccc(Cl)s1. The molecule has 0 saturated carbocycles. The minimum absolute atomic E-state index is 0.126. The molecule has 0 aliphatic carbocycles. The van der Waals surface area contributed by atoms with Crippen molar-refractivity contribution in [2.45, 2.75) is 31.7 Å². The van der Waals surface area contributed by atoms with Gasteiger partial charge in [0, 0.05) is 11.4 Å². The molecular formula is C12H14ClNO3S. The van der Waals surface area contributed by atoms with Gasteiger partial charge in [-0.15, -0.1) is 11.3 Å². The summed E-state index contributed by atoms with van der Waals surface area (Å²) in [6, 6.07) is 2.90. The van der Waals surface area contributed by atoms with E-state index in [4.69, 9.17) is 16.7 Å². The Bertz CT molecular complexity index is 474. The fraction of sp³-hybridized carbons (Fsp3) is 0.500. The number of carbonyl (C=O) groups excluding carboxylic acids is 1. The first kappa shape index (κ1) is 13.4. The number of thiophene rings is 1. The number of hydrogen-bond donors (Lipinski definition) is 1. The van der Waals surface area contributed by atoms with E-state index >= 15 is 0 Å². The lowest BCUT2D eigenvalue weighted by Crippen LogP contribution is -2.42. The van der Waals surface area contributed by atoms with Crippen LogP contribution in [0.3, 0.4) is 0 Å². The van der Waals surface area contributed by atoms with E-state index in [1.807, 2.05) is 6.07 Å².